The fraction of sp³-hybridized carbons (Fsp3) is 0. The number of carbonyl (C=O) groups excluding carboxylic acids is 1. The highest BCUT2D eigenvalue weighted by Crippen LogP contribution is 2.19. The number of carbonyl (C=O) groups is 1. The molecule has 0 aromatic heterocycles. The number of rotatable bonds is 1. The summed E-state index contributed by atoms with van der Waals surface area (Å²) in [6.07, 6.45) is 0.614. The summed E-state index contributed by atoms with van der Waals surface area (Å²) in [4.78, 5) is 10.6. The lowest BCUT2D eigenvalue weighted by molar-refractivity contribution is 0.112. The van der Waals surface area contributed by atoms with E-state index in [4.69, 9.17) is 0 Å². The van der Waals surface area contributed by atoms with E-state index in [1.54, 1.807) is 18.2 Å². The van der Waals surface area contributed by atoms with Crippen molar-refractivity contribution in [3.63, 3.8) is 0 Å². The van der Waals surface area contributed by atoms with Crippen LogP contribution in [0.3, 0.4) is 0 Å². The molecule has 0 spiro atoms. The Morgan fingerprint density at radius 1 is 0.941 bits per heavy atom. The van der Waals surface area contributed by atoms with Crippen LogP contribution >= 0.6 is 0 Å². The summed E-state index contributed by atoms with van der Waals surface area (Å²) in [7, 11) is 0. The number of aldehydes is 1. The van der Waals surface area contributed by atoms with E-state index < -0.39 is 0 Å². The molecule has 0 heterocycles. The highest BCUT2D eigenvalue weighted by atomic mass is 16.3. The molecular formula is C15H10O2. The maximum atomic E-state index is 10.6. The van der Waals surface area contributed by atoms with Gasteiger partial charge in [-0.25, -0.2) is 0 Å². The van der Waals surface area contributed by atoms with E-state index in [1.807, 2.05) is 30.3 Å². The fourth-order valence-electron chi connectivity index (χ4n) is 1.42. The maximum absolute atomic E-state index is 10.6. The monoisotopic (exact) mass is 222 g/mol. The van der Waals surface area contributed by atoms with Crippen LogP contribution in [0.1, 0.15) is 21.5 Å². The number of phenolic OH excluding ortho intramolecular Hbond substituents is 1. The summed E-state index contributed by atoms with van der Waals surface area (Å²) in [6.45, 7) is 0. The van der Waals surface area contributed by atoms with Crippen LogP contribution in [0.4, 0.5) is 0 Å². The molecule has 0 radical (unpaired) electrons. The molecule has 2 nitrogen and oxygen atoms in total. The SMILES string of the molecule is O=Cc1cccc(C#Cc2ccccc2)c1O. The maximum Gasteiger partial charge on any atom is 0.153 e. The minimum absolute atomic E-state index is 0.0640. The van der Waals surface area contributed by atoms with Gasteiger partial charge in [-0.05, 0) is 24.3 Å². The molecule has 1 N–H and O–H groups in total. The van der Waals surface area contributed by atoms with Crippen LogP contribution < -0.4 is 0 Å². The summed E-state index contributed by atoms with van der Waals surface area (Å²) in [6, 6.07) is 14.4. The number of aromatic hydroxyl groups is 1. The molecular weight excluding hydrogens is 212 g/mol. The zero-order chi connectivity index (χ0) is 12.1. The zero-order valence-electron chi connectivity index (χ0n) is 9.05. The van der Waals surface area contributed by atoms with Gasteiger partial charge in [0.1, 0.15) is 5.75 Å². The van der Waals surface area contributed by atoms with E-state index >= 15 is 0 Å². The van der Waals surface area contributed by atoms with Gasteiger partial charge in [0.15, 0.2) is 6.29 Å². The van der Waals surface area contributed by atoms with Gasteiger partial charge in [0.05, 0.1) is 11.1 Å². The van der Waals surface area contributed by atoms with Gasteiger partial charge in [-0.15, -0.1) is 0 Å². The molecule has 2 rings (SSSR count). The topological polar surface area (TPSA) is 37.3 Å². The van der Waals surface area contributed by atoms with Gasteiger partial charge in [-0.3, -0.25) is 4.79 Å². The molecule has 0 amide bonds. The molecule has 0 unspecified atom stereocenters. The molecule has 0 aliphatic heterocycles. The van der Waals surface area contributed by atoms with E-state index in [1.165, 1.54) is 0 Å². The first-order valence-electron chi connectivity index (χ1n) is 5.15. The molecule has 0 bridgehead atoms. The van der Waals surface area contributed by atoms with Gasteiger partial charge in [0.25, 0.3) is 0 Å². The Labute approximate surface area is 99.5 Å². The van der Waals surface area contributed by atoms with Crippen molar-refractivity contribution in [2.24, 2.45) is 0 Å². The van der Waals surface area contributed by atoms with Gasteiger partial charge in [-0.1, -0.05) is 36.1 Å². The average Bonchev–Trinajstić information content (AvgIpc) is 2.39. The average molecular weight is 222 g/mol. The van der Waals surface area contributed by atoms with Crippen molar-refractivity contribution in [1.82, 2.24) is 0 Å². The lowest BCUT2D eigenvalue weighted by atomic mass is 10.1. The standard InChI is InChI=1S/C15H10O2/c16-11-14-8-4-7-13(15(14)17)10-9-12-5-2-1-3-6-12/h1-8,11,17H. The van der Waals surface area contributed by atoms with Crippen molar-refractivity contribution in [3.05, 3.63) is 65.2 Å². The first-order chi connectivity index (χ1) is 8.31. The van der Waals surface area contributed by atoms with Gasteiger partial charge in [-0.2, -0.15) is 0 Å². The van der Waals surface area contributed by atoms with E-state index in [2.05, 4.69) is 11.8 Å². The predicted molar refractivity (Wildman–Crippen MR) is 65.9 cm³/mol. The van der Waals surface area contributed by atoms with Gasteiger partial charge >= 0.3 is 0 Å². The number of hydrogen-bond donors (Lipinski definition) is 1. The Balaban J connectivity index is 2.38. The van der Waals surface area contributed by atoms with Crippen LogP contribution in [0.5, 0.6) is 5.75 Å². The molecule has 0 saturated carbocycles. The van der Waals surface area contributed by atoms with Crippen LogP contribution in [0.15, 0.2) is 48.5 Å². The Hall–Kier alpha value is -2.53. The quantitative estimate of drug-likeness (QED) is 0.595. The third-order valence-corrected chi connectivity index (χ3v) is 2.31. The van der Waals surface area contributed by atoms with E-state index in [9.17, 15) is 9.90 Å². The van der Waals surface area contributed by atoms with Crippen molar-refractivity contribution in [2.45, 2.75) is 0 Å². The summed E-state index contributed by atoms with van der Waals surface area (Å²) in [5.74, 6) is 5.71. The predicted octanol–water partition coefficient (Wildman–Crippen LogP) is 2.60. The molecule has 2 aromatic rings. The summed E-state index contributed by atoms with van der Waals surface area (Å²) >= 11 is 0. The second-order valence-electron chi connectivity index (χ2n) is 3.48. The van der Waals surface area contributed by atoms with Gasteiger partial charge in [0, 0.05) is 5.56 Å². The second kappa shape index (κ2) is 5.00. The molecule has 2 heteroatoms. The highest BCUT2D eigenvalue weighted by molar-refractivity contribution is 5.80. The highest BCUT2D eigenvalue weighted by Gasteiger charge is 2.02. The molecule has 0 aliphatic carbocycles. The Morgan fingerprint density at radius 3 is 2.41 bits per heavy atom. The van der Waals surface area contributed by atoms with Crippen LogP contribution in [0.2, 0.25) is 0 Å². The third kappa shape index (κ3) is 2.53. The number of phenols is 1. The minimum atomic E-state index is -0.0640. The van der Waals surface area contributed by atoms with Crippen molar-refractivity contribution in [3.8, 4) is 17.6 Å². The number of hydrogen-bond acceptors (Lipinski definition) is 2. The fourth-order valence-corrected chi connectivity index (χ4v) is 1.42. The van der Waals surface area contributed by atoms with E-state index in [0.717, 1.165) is 5.56 Å². The smallest absolute Gasteiger partial charge is 0.153 e. The zero-order valence-corrected chi connectivity index (χ0v) is 9.05. The summed E-state index contributed by atoms with van der Waals surface area (Å²) in [5, 5.41) is 9.73. The second-order valence-corrected chi connectivity index (χ2v) is 3.48. The Morgan fingerprint density at radius 2 is 1.71 bits per heavy atom. The van der Waals surface area contributed by atoms with E-state index in [0.29, 0.717) is 11.8 Å². The van der Waals surface area contributed by atoms with Crippen LogP contribution in [-0.2, 0) is 0 Å². The van der Waals surface area contributed by atoms with Crippen molar-refractivity contribution in [2.75, 3.05) is 0 Å². The van der Waals surface area contributed by atoms with E-state index in [-0.39, 0.29) is 11.3 Å². The molecule has 0 aliphatic rings. The van der Waals surface area contributed by atoms with Crippen LogP contribution in [0.25, 0.3) is 0 Å². The molecule has 17 heavy (non-hydrogen) atoms. The number of benzene rings is 2. The first kappa shape index (κ1) is 11.0. The van der Waals surface area contributed by atoms with Gasteiger partial charge in [0.2, 0.25) is 0 Å². The van der Waals surface area contributed by atoms with Crippen molar-refractivity contribution < 1.29 is 9.90 Å². The molecule has 2 aromatic carbocycles. The van der Waals surface area contributed by atoms with Crippen LogP contribution in [0, 0.1) is 11.8 Å². The lowest BCUT2D eigenvalue weighted by Gasteiger charge is -1.98. The molecule has 0 atom stereocenters. The number of para-hydroxylation sites is 1. The largest absolute Gasteiger partial charge is 0.506 e. The minimum Gasteiger partial charge on any atom is -0.506 e. The third-order valence-electron chi connectivity index (χ3n) is 2.31. The Kier molecular flexibility index (Phi) is 3.23. The molecule has 0 fully saturated rings. The Bertz CT molecular complexity index is 589. The summed E-state index contributed by atoms with van der Waals surface area (Å²) in [5.41, 5.74) is 1.58. The van der Waals surface area contributed by atoms with Crippen molar-refractivity contribution >= 4 is 6.29 Å². The first-order valence-corrected chi connectivity index (χ1v) is 5.15. The molecule has 0 saturated heterocycles. The summed E-state index contributed by atoms with van der Waals surface area (Å²) < 4.78 is 0. The van der Waals surface area contributed by atoms with Crippen LogP contribution in [-0.4, -0.2) is 11.4 Å². The molecule has 82 valence electrons. The van der Waals surface area contributed by atoms with Crippen molar-refractivity contribution in [1.29, 1.82) is 0 Å². The lowest BCUT2D eigenvalue weighted by Crippen LogP contribution is -1.84. The van der Waals surface area contributed by atoms with Gasteiger partial charge < -0.3 is 5.11 Å². The normalized spacial score (nSPS) is 9.18.